The van der Waals surface area contributed by atoms with Crippen LogP contribution >= 0.6 is 22.7 Å². The highest BCUT2D eigenvalue weighted by molar-refractivity contribution is 7.21. The van der Waals surface area contributed by atoms with Crippen LogP contribution in [0.4, 0.5) is 0 Å². The number of piperazine rings is 1. The number of fused-ring (bicyclic) bond motifs is 2. The lowest BCUT2D eigenvalue weighted by atomic mass is 10.1. The van der Waals surface area contributed by atoms with E-state index >= 15 is 0 Å². The van der Waals surface area contributed by atoms with Gasteiger partial charge in [0.1, 0.15) is 11.5 Å². The molecule has 1 amide bonds. The molecule has 2 aromatic heterocycles. The first kappa shape index (κ1) is 22.8. The van der Waals surface area contributed by atoms with Gasteiger partial charge in [0.05, 0.1) is 28.7 Å². The minimum atomic E-state index is 0.102. The van der Waals surface area contributed by atoms with Crippen molar-refractivity contribution >= 4 is 54.5 Å². The molecule has 0 saturated carbocycles. The van der Waals surface area contributed by atoms with Gasteiger partial charge in [0, 0.05) is 49.2 Å². The van der Waals surface area contributed by atoms with Gasteiger partial charge in [0.25, 0.3) is 5.91 Å². The Hall–Kier alpha value is -2.94. The molecule has 3 heterocycles. The van der Waals surface area contributed by atoms with Crippen molar-refractivity contribution in [2.45, 2.75) is 6.42 Å². The summed E-state index contributed by atoms with van der Waals surface area (Å²) >= 11 is 3.00. The van der Waals surface area contributed by atoms with Crippen LogP contribution < -0.4 is 9.47 Å². The predicted molar refractivity (Wildman–Crippen MR) is 138 cm³/mol. The van der Waals surface area contributed by atoms with Gasteiger partial charge in [0.15, 0.2) is 5.78 Å². The zero-order chi connectivity index (χ0) is 23.7. The smallest absolute Gasteiger partial charge is 0.264 e. The number of nitrogens with zero attached hydrogens (tertiary/aromatic N) is 2. The number of ketones is 1. The fourth-order valence-electron chi connectivity index (χ4n) is 4.35. The number of methoxy groups -OCH3 is 2. The first-order valence-corrected chi connectivity index (χ1v) is 12.9. The highest BCUT2D eigenvalue weighted by Crippen LogP contribution is 2.39. The molecule has 8 heteroatoms. The largest absolute Gasteiger partial charge is 0.496 e. The van der Waals surface area contributed by atoms with Crippen molar-refractivity contribution in [3.05, 3.63) is 58.3 Å². The molecule has 6 nitrogen and oxygen atoms in total. The van der Waals surface area contributed by atoms with E-state index in [9.17, 15) is 9.59 Å². The number of Topliss-reactive ketones (excluding diaryl/α,β-unsaturated/α-hetero) is 1. The Morgan fingerprint density at radius 2 is 1.62 bits per heavy atom. The van der Waals surface area contributed by atoms with Gasteiger partial charge in [0.2, 0.25) is 0 Å². The summed E-state index contributed by atoms with van der Waals surface area (Å²) in [6.07, 6.45) is 0.446. The van der Waals surface area contributed by atoms with E-state index in [0.717, 1.165) is 54.5 Å². The van der Waals surface area contributed by atoms with E-state index in [2.05, 4.69) is 11.0 Å². The summed E-state index contributed by atoms with van der Waals surface area (Å²) in [6.45, 7) is 3.60. The van der Waals surface area contributed by atoms with Crippen LogP contribution in [0.15, 0.2) is 48.5 Å². The number of rotatable bonds is 7. The Balaban J connectivity index is 1.18. The molecule has 176 valence electrons. The fourth-order valence-corrected chi connectivity index (χ4v) is 6.52. The zero-order valence-electron chi connectivity index (χ0n) is 19.2. The van der Waals surface area contributed by atoms with Gasteiger partial charge in [-0.1, -0.05) is 18.2 Å². The predicted octanol–water partition coefficient (Wildman–Crippen LogP) is 5.16. The molecule has 0 aliphatic carbocycles. The maximum absolute atomic E-state index is 13.0. The Morgan fingerprint density at radius 3 is 2.35 bits per heavy atom. The van der Waals surface area contributed by atoms with Crippen molar-refractivity contribution in [1.82, 2.24) is 9.80 Å². The number of thiophene rings is 2. The van der Waals surface area contributed by atoms with E-state index in [4.69, 9.17) is 9.47 Å². The lowest BCUT2D eigenvalue weighted by molar-refractivity contribution is 0.0633. The van der Waals surface area contributed by atoms with Crippen molar-refractivity contribution in [1.29, 1.82) is 0 Å². The first-order chi connectivity index (χ1) is 16.6. The average molecular weight is 495 g/mol. The minimum absolute atomic E-state index is 0.102. The van der Waals surface area contributed by atoms with Crippen molar-refractivity contribution < 1.29 is 19.1 Å². The molecule has 1 aliphatic rings. The molecule has 1 fully saturated rings. The molecule has 0 N–H and O–H groups in total. The van der Waals surface area contributed by atoms with Gasteiger partial charge in [-0.05, 0) is 35.7 Å². The summed E-state index contributed by atoms with van der Waals surface area (Å²) in [5.74, 6) is 1.71. The fraction of sp³-hybridized carbons (Fsp3) is 0.308. The Kier molecular flexibility index (Phi) is 6.54. The number of benzene rings is 2. The second-order valence-electron chi connectivity index (χ2n) is 8.28. The lowest BCUT2D eigenvalue weighted by Crippen LogP contribution is -2.48. The molecule has 0 bridgehead atoms. The van der Waals surface area contributed by atoms with Crippen LogP contribution in [0.2, 0.25) is 0 Å². The minimum Gasteiger partial charge on any atom is -0.496 e. The molecule has 1 aliphatic heterocycles. The summed E-state index contributed by atoms with van der Waals surface area (Å²) in [5, 5.41) is 2.02. The van der Waals surface area contributed by atoms with Gasteiger partial charge in [-0.25, -0.2) is 0 Å². The Labute approximate surface area is 206 Å². The number of carbonyl (C=O) groups excluding carboxylic acids is 2. The van der Waals surface area contributed by atoms with E-state index in [1.807, 2.05) is 47.4 Å². The van der Waals surface area contributed by atoms with E-state index in [0.29, 0.717) is 26.1 Å². The quantitative estimate of drug-likeness (QED) is 0.332. The van der Waals surface area contributed by atoms with Crippen molar-refractivity contribution in [2.24, 2.45) is 0 Å². The highest BCUT2D eigenvalue weighted by atomic mass is 32.1. The first-order valence-electron chi connectivity index (χ1n) is 11.3. The van der Waals surface area contributed by atoms with Crippen molar-refractivity contribution in [3.63, 3.8) is 0 Å². The highest BCUT2D eigenvalue weighted by Gasteiger charge is 2.24. The normalized spacial score (nSPS) is 14.6. The molecule has 4 aromatic rings. The molecule has 1 saturated heterocycles. The van der Waals surface area contributed by atoms with Crippen LogP contribution in [-0.2, 0) is 0 Å². The van der Waals surface area contributed by atoms with Crippen LogP contribution in [0.25, 0.3) is 20.2 Å². The van der Waals surface area contributed by atoms with Crippen molar-refractivity contribution in [3.8, 4) is 11.5 Å². The van der Waals surface area contributed by atoms with Crippen LogP contribution in [0, 0.1) is 0 Å². The summed E-state index contributed by atoms with van der Waals surface area (Å²) in [6, 6.07) is 15.7. The second-order valence-corrected chi connectivity index (χ2v) is 10.4. The molecule has 0 radical (unpaired) electrons. The topological polar surface area (TPSA) is 59.1 Å². The number of hydrogen-bond donors (Lipinski definition) is 0. The zero-order valence-corrected chi connectivity index (χ0v) is 20.8. The summed E-state index contributed by atoms with van der Waals surface area (Å²) < 4.78 is 13.0. The molecule has 0 unspecified atom stereocenters. The maximum Gasteiger partial charge on any atom is 0.264 e. The standard InChI is InChI=1S/C26H26N2O4S2/c1-31-20-7-8-21(32-2)25-18(20)16-23(34-25)19(29)9-10-27-11-13-28(14-12-27)26(30)24-15-17-5-3-4-6-22(17)33-24/h3-8,15-16H,9-14H2,1-2H3. The van der Waals surface area contributed by atoms with Crippen LogP contribution in [0.1, 0.15) is 25.8 Å². The van der Waals surface area contributed by atoms with Gasteiger partial charge >= 0.3 is 0 Å². The SMILES string of the molecule is COc1ccc(OC)c2sc(C(=O)CCN3CCN(C(=O)c4cc5ccccc5s4)CC3)cc12. The van der Waals surface area contributed by atoms with Crippen LogP contribution in [0.3, 0.4) is 0 Å². The summed E-state index contributed by atoms with van der Waals surface area (Å²) in [4.78, 5) is 31.6. The second kappa shape index (κ2) is 9.74. The van der Waals surface area contributed by atoms with Crippen LogP contribution in [-0.4, -0.2) is 68.4 Å². The maximum atomic E-state index is 13.0. The Morgan fingerprint density at radius 1 is 0.882 bits per heavy atom. The van der Waals surface area contributed by atoms with Gasteiger partial charge < -0.3 is 14.4 Å². The third-order valence-corrected chi connectivity index (χ3v) is 8.57. The van der Waals surface area contributed by atoms with Gasteiger partial charge in [-0.3, -0.25) is 14.5 Å². The summed E-state index contributed by atoms with van der Waals surface area (Å²) in [7, 11) is 3.26. The van der Waals surface area contributed by atoms with Gasteiger partial charge in [-0.15, -0.1) is 22.7 Å². The number of ether oxygens (including phenoxy) is 2. The number of carbonyl (C=O) groups is 2. The molecular weight excluding hydrogens is 468 g/mol. The molecular formula is C26H26N2O4S2. The summed E-state index contributed by atoms with van der Waals surface area (Å²) in [5.41, 5.74) is 0. The van der Waals surface area contributed by atoms with Crippen molar-refractivity contribution in [2.75, 3.05) is 46.9 Å². The number of hydrogen-bond acceptors (Lipinski definition) is 7. The van der Waals surface area contributed by atoms with E-state index in [1.54, 1.807) is 25.6 Å². The molecule has 2 aromatic carbocycles. The molecule has 0 atom stereocenters. The van der Waals surface area contributed by atoms with Gasteiger partial charge in [-0.2, -0.15) is 0 Å². The Bertz CT molecular complexity index is 1280. The van der Waals surface area contributed by atoms with E-state index < -0.39 is 0 Å². The third kappa shape index (κ3) is 4.41. The lowest BCUT2D eigenvalue weighted by Gasteiger charge is -2.34. The third-order valence-electron chi connectivity index (χ3n) is 6.27. The number of amides is 1. The van der Waals surface area contributed by atoms with Crippen LogP contribution in [0.5, 0.6) is 11.5 Å². The monoisotopic (exact) mass is 494 g/mol. The average Bonchev–Trinajstić information content (AvgIpc) is 3.51. The van der Waals surface area contributed by atoms with E-state index in [1.165, 1.54) is 11.3 Å². The molecule has 0 spiro atoms. The molecule has 5 rings (SSSR count). The molecule has 34 heavy (non-hydrogen) atoms. The van der Waals surface area contributed by atoms with E-state index in [-0.39, 0.29) is 11.7 Å².